The highest BCUT2D eigenvalue weighted by molar-refractivity contribution is 7.60. The summed E-state index contributed by atoms with van der Waals surface area (Å²) < 4.78 is 0. The normalized spacial score (nSPS) is 19.1. The molecule has 2 atom stereocenters. The van der Waals surface area contributed by atoms with E-state index in [0.717, 1.165) is 6.16 Å². The van der Waals surface area contributed by atoms with E-state index in [0.29, 0.717) is 16.2 Å². The molecule has 1 aliphatic carbocycles. The fourth-order valence-corrected chi connectivity index (χ4v) is 8.96. The van der Waals surface area contributed by atoms with Crippen molar-refractivity contribution in [1.29, 1.82) is 0 Å². The van der Waals surface area contributed by atoms with Crippen LogP contribution in [0.5, 0.6) is 0 Å². The molecule has 0 saturated carbocycles. The maximum absolute atomic E-state index is 2.99. The minimum absolute atomic E-state index is 0.132. The third-order valence-corrected chi connectivity index (χ3v) is 9.97. The first-order valence-corrected chi connectivity index (χ1v) is 12.6. The third-order valence-electron chi connectivity index (χ3n) is 5.53. The first-order chi connectivity index (χ1) is 12.3. The van der Waals surface area contributed by atoms with Gasteiger partial charge in [-0.3, -0.25) is 0 Å². The average Bonchev–Trinajstić information content (AvgIpc) is 2.90. The van der Waals surface area contributed by atoms with Gasteiger partial charge in [-0.15, -0.1) is 9.24 Å². The maximum Gasteiger partial charge on any atom is 0.00677 e. The summed E-state index contributed by atoms with van der Waals surface area (Å²) >= 11 is 0. The number of benzene rings is 1. The van der Waals surface area contributed by atoms with E-state index >= 15 is 0 Å². The van der Waals surface area contributed by atoms with Crippen molar-refractivity contribution in [3.8, 4) is 0 Å². The molecule has 0 N–H and O–H groups in total. The van der Waals surface area contributed by atoms with Crippen molar-refractivity contribution in [3.63, 3.8) is 0 Å². The van der Waals surface area contributed by atoms with Crippen molar-refractivity contribution in [2.75, 3.05) is 12.3 Å². The minimum Gasteiger partial charge on any atom is -0.133 e. The molecule has 0 spiro atoms. The monoisotopic (exact) mass is 402 g/mol. The van der Waals surface area contributed by atoms with E-state index in [-0.39, 0.29) is 13.3 Å². The fourth-order valence-electron chi connectivity index (χ4n) is 4.67. The summed E-state index contributed by atoms with van der Waals surface area (Å²) in [7, 11) is 2.86. The molecule has 2 heteroatoms. The molecule has 1 aromatic rings. The molecule has 0 radical (unpaired) electrons. The quantitative estimate of drug-likeness (QED) is 0.448. The molecule has 0 amide bonds. The molecule has 0 bridgehead atoms. The van der Waals surface area contributed by atoms with Gasteiger partial charge < -0.3 is 0 Å². The summed E-state index contributed by atoms with van der Waals surface area (Å²) in [6, 6.07) is 11.0. The van der Waals surface area contributed by atoms with Crippen molar-refractivity contribution in [2.24, 2.45) is 11.3 Å². The standard InChI is InChI=1S/C25H40P2/c1-23(2,3)22-20(18-13-11-10-12-14-18)15-19(16-26)21(22)17-27(24(4,5)6)25(7,8)9/h10-15,21H,16-17,26H2,1-9H3. The highest BCUT2D eigenvalue weighted by Gasteiger charge is 2.41. The van der Waals surface area contributed by atoms with Crippen LogP contribution in [-0.4, -0.2) is 22.6 Å². The van der Waals surface area contributed by atoms with E-state index in [4.69, 9.17) is 0 Å². The highest BCUT2D eigenvalue weighted by atomic mass is 31.1. The molecule has 2 unspecified atom stereocenters. The number of rotatable bonds is 4. The van der Waals surface area contributed by atoms with Gasteiger partial charge in [0.15, 0.2) is 0 Å². The first-order valence-electron chi connectivity index (χ1n) is 10.2. The predicted octanol–water partition coefficient (Wildman–Crippen LogP) is 8.00. The van der Waals surface area contributed by atoms with Gasteiger partial charge in [0.2, 0.25) is 0 Å². The van der Waals surface area contributed by atoms with Crippen molar-refractivity contribution in [3.05, 3.63) is 53.1 Å². The van der Waals surface area contributed by atoms with Gasteiger partial charge in [-0.05, 0) is 44.8 Å². The smallest absolute Gasteiger partial charge is 0.00677 e. The second-order valence-corrected chi connectivity index (χ2v) is 15.2. The summed E-state index contributed by atoms with van der Waals surface area (Å²) in [6.07, 6.45) is 4.87. The zero-order valence-corrected chi connectivity index (χ0v) is 21.0. The Bertz CT molecular complexity index is 689. The van der Waals surface area contributed by atoms with Crippen molar-refractivity contribution in [1.82, 2.24) is 0 Å². The summed E-state index contributed by atoms with van der Waals surface area (Å²) in [4.78, 5) is 0. The first kappa shape index (κ1) is 22.8. The van der Waals surface area contributed by atoms with Crippen molar-refractivity contribution >= 4 is 22.7 Å². The lowest BCUT2D eigenvalue weighted by atomic mass is 9.77. The van der Waals surface area contributed by atoms with Crippen LogP contribution in [0.1, 0.15) is 67.9 Å². The summed E-state index contributed by atoms with van der Waals surface area (Å²) in [5.41, 5.74) is 6.27. The SMILES string of the molecule is CC(C)(C)C1=C(c2ccccc2)C=C(CP)C1CP(C(C)(C)C)C(C)(C)C. The van der Waals surface area contributed by atoms with Crippen LogP contribution in [-0.2, 0) is 0 Å². The Morgan fingerprint density at radius 3 is 1.78 bits per heavy atom. The Morgan fingerprint density at radius 2 is 1.37 bits per heavy atom. The minimum atomic E-state index is -0.132. The van der Waals surface area contributed by atoms with Gasteiger partial charge in [-0.25, -0.2) is 0 Å². The zero-order chi connectivity index (χ0) is 20.6. The number of hydrogen-bond acceptors (Lipinski definition) is 0. The van der Waals surface area contributed by atoms with E-state index in [9.17, 15) is 0 Å². The van der Waals surface area contributed by atoms with Crippen LogP contribution >= 0.6 is 17.2 Å². The Labute approximate surface area is 172 Å². The van der Waals surface area contributed by atoms with Gasteiger partial charge in [0, 0.05) is 5.92 Å². The molecular weight excluding hydrogens is 362 g/mol. The second-order valence-electron chi connectivity index (χ2n) is 10.9. The molecule has 0 aromatic heterocycles. The maximum atomic E-state index is 2.99. The zero-order valence-electron chi connectivity index (χ0n) is 19.0. The lowest BCUT2D eigenvalue weighted by molar-refractivity contribution is 0.463. The molecule has 0 fully saturated rings. The Kier molecular flexibility index (Phi) is 6.87. The van der Waals surface area contributed by atoms with Gasteiger partial charge in [-0.1, -0.05) is 112 Å². The van der Waals surface area contributed by atoms with Crippen LogP contribution in [0.4, 0.5) is 0 Å². The molecule has 0 aliphatic heterocycles. The average molecular weight is 403 g/mol. The summed E-state index contributed by atoms with van der Waals surface area (Å²) in [5, 5.41) is 0.718. The largest absolute Gasteiger partial charge is 0.133 e. The van der Waals surface area contributed by atoms with E-state index in [2.05, 4.69) is 108 Å². The Balaban J connectivity index is 2.59. The molecule has 1 aromatic carbocycles. The van der Waals surface area contributed by atoms with Crippen molar-refractivity contribution < 1.29 is 0 Å². The Hall–Kier alpha value is -0.440. The molecule has 2 rings (SSSR count). The molecule has 0 heterocycles. The molecule has 150 valence electrons. The van der Waals surface area contributed by atoms with E-state index in [1.165, 1.54) is 17.3 Å². The number of hydrogen-bond donors (Lipinski definition) is 0. The van der Waals surface area contributed by atoms with E-state index in [1.807, 2.05) is 0 Å². The predicted molar refractivity (Wildman–Crippen MR) is 130 cm³/mol. The molecule has 0 saturated heterocycles. The van der Waals surface area contributed by atoms with Crippen LogP contribution in [0.25, 0.3) is 5.57 Å². The lowest BCUT2D eigenvalue weighted by Gasteiger charge is -2.44. The summed E-state index contributed by atoms with van der Waals surface area (Å²) in [6.45, 7) is 21.9. The number of allylic oxidation sites excluding steroid dienone is 4. The highest BCUT2D eigenvalue weighted by Crippen LogP contribution is 2.63. The molecular formula is C25H40P2. The van der Waals surface area contributed by atoms with Gasteiger partial charge in [0.25, 0.3) is 0 Å². The van der Waals surface area contributed by atoms with Crippen molar-refractivity contribution in [2.45, 2.75) is 72.6 Å². The van der Waals surface area contributed by atoms with E-state index in [1.54, 1.807) is 11.1 Å². The van der Waals surface area contributed by atoms with Crippen LogP contribution in [0.3, 0.4) is 0 Å². The van der Waals surface area contributed by atoms with Crippen LogP contribution in [0.15, 0.2) is 47.6 Å². The third kappa shape index (κ3) is 5.34. The van der Waals surface area contributed by atoms with Gasteiger partial charge in [0.1, 0.15) is 0 Å². The molecule has 0 nitrogen and oxygen atoms in total. The molecule has 1 aliphatic rings. The fraction of sp³-hybridized carbons (Fsp3) is 0.600. The summed E-state index contributed by atoms with van der Waals surface area (Å²) in [5.74, 6) is 0.572. The Morgan fingerprint density at radius 1 is 0.852 bits per heavy atom. The van der Waals surface area contributed by atoms with Gasteiger partial charge >= 0.3 is 0 Å². The topological polar surface area (TPSA) is 0 Å². The van der Waals surface area contributed by atoms with Gasteiger partial charge in [-0.2, -0.15) is 0 Å². The van der Waals surface area contributed by atoms with Crippen LogP contribution in [0, 0.1) is 11.3 Å². The second kappa shape index (κ2) is 8.13. The van der Waals surface area contributed by atoms with Crippen LogP contribution in [0.2, 0.25) is 0 Å². The molecule has 27 heavy (non-hydrogen) atoms. The van der Waals surface area contributed by atoms with Crippen LogP contribution < -0.4 is 0 Å². The lowest BCUT2D eigenvalue weighted by Crippen LogP contribution is -2.31. The van der Waals surface area contributed by atoms with E-state index < -0.39 is 0 Å². The van der Waals surface area contributed by atoms with Gasteiger partial charge in [0.05, 0.1) is 0 Å².